The smallest absolute Gasteiger partial charge is 0.151 e. The number of hydrogen-bond acceptors (Lipinski definition) is 4. The van der Waals surface area contributed by atoms with Crippen LogP contribution >= 0.6 is 12.4 Å². The van der Waals surface area contributed by atoms with Crippen molar-refractivity contribution in [1.29, 1.82) is 0 Å². The lowest BCUT2D eigenvalue weighted by molar-refractivity contribution is 0.182. The lowest BCUT2D eigenvalue weighted by Crippen LogP contribution is -2.54. The minimum Gasteiger partial charge on any atom is -0.309 e. The van der Waals surface area contributed by atoms with Crippen molar-refractivity contribution < 1.29 is 8.42 Å². The second kappa shape index (κ2) is 6.79. The molecule has 0 bridgehead atoms. The SMILES string of the molecule is CCS(=O)(=O)CCN1CC(C)NC(C)C1.Cl. The summed E-state index contributed by atoms with van der Waals surface area (Å²) in [5, 5.41) is 3.43. The van der Waals surface area contributed by atoms with E-state index >= 15 is 0 Å². The van der Waals surface area contributed by atoms with Gasteiger partial charge in [0.2, 0.25) is 0 Å². The highest BCUT2D eigenvalue weighted by molar-refractivity contribution is 7.91. The van der Waals surface area contributed by atoms with Gasteiger partial charge in [-0.1, -0.05) is 6.92 Å². The summed E-state index contributed by atoms with van der Waals surface area (Å²) in [6.45, 7) is 8.55. The van der Waals surface area contributed by atoms with Gasteiger partial charge in [-0.2, -0.15) is 0 Å². The van der Waals surface area contributed by atoms with E-state index in [1.165, 1.54) is 0 Å². The van der Waals surface area contributed by atoms with E-state index in [0.717, 1.165) is 13.1 Å². The Hall–Kier alpha value is 0.160. The maximum absolute atomic E-state index is 11.4. The van der Waals surface area contributed by atoms with E-state index in [4.69, 9.17) is 0 Å². The van der Waals surface area contributed by atoms with Crippen molar-refractivity contribution in [3.63, 3.8) is 0 Å². The summed E-state index contributed by atoms with van der Waals surface area (Å²) in [5.41, 5.74) is 0. The normalized spacial score (nSPS) is 27.4. The first-order valence-corrected chi connectivity index (χ1v) is 7.44. The molecule has 1 rings (SSSR count). The Kier molecular flexibility index (Phi) is 6.86. The highest BCUT2D eigenvalue weighted by atomic mass is 35.5. The third-order valence-electron chi connectivity index (χ3n) is 2.79. The number of nitrogens with one attached hydrogen (secondary N) is 1. The van der Waals surface area contributed by atoms with Crippen LogP contribution in [0, 0.1) is 0 Å². The van der Waals surface area contributed by atoms with E-state index in [1.54, 1.807) is 6.92 Å². The second-order valence-corrected chi connectivity index (χ2v) is 6.94. The molecule has 1 saturated heterocycles. The predicted molar refractivity (Wildman–Crippen MR) is 70.1 cm³/mol. The van der Waals surface area contributed by atoms with Gasteiger partial charge in [-0.15, -0.1) is 12.4 Å². The van der Waals surface area contributed by atoms with Crippen LogP contribution in [0.4, 0.5) is 0 Å². The summed E-state index contributed by atoms with van der Waals surface area (Å²) in [4.78, 5) is 2.24. The van der Waals surface area contributed by atoms with Gasteiger partial charge in [-0.25, -0.2) is 8.42 Å². The standard InChI is InChI=1S/C10H22N2O2S.ClH/c1-4-15(13,14)6-5-12-7-9(2)11-10(3)8-12;/h9-11H,4-8H2,1-3H3;1H. The number of piperazine rings is 1. The largest absolute Gasteiger partial charge is 0.309 e. The van der Waals surface area contributed by atoms with E-state index in [9.17, 15) is 8.42 Å². The van der Waals surface area contributed by atoms with Gasteiger partial charge in [0, 0.05) is 37.5 Å². The molecule has 2 unspecified atom stereocenters. The molecule has 16 heavy (non-hydrogen) atoms. The van der Waals surface area contributed by atoms with Crippen molar-refractivity contribution in [3.05, 3.63) is 0 Å². The monoisotopic (exact) mass is 270 g/mol. The van der Waals surface area contributed by atoms with E-state index in [1.807, 2.05) is 0 Å². The molecule has 0 spiro atoms. The fourth-order valence-corrected chi connectivity index (χ4v) is 2.86. The summed E-state index contributed by atoms with van der Waals surface area (Å²) >= 11 is 0. The van der Waals surface area contributed by atoms with Gasteiger partial charge in [-0.05, 0) is 13.8 Å². The number of rotatable bonds is 4. The molecule has 1 aliphatic rings. The highest BCUT2D eigenvalue weighted by Crippen LogP contribution is 2.04. The van der Waals surface area contributed by atoms with E-state index < -0.39 is 9.84 Å². The molecule has 1 N–H and O–H groups in total. The zero-order valence-electron chi connectivity index (χ0n) is 10.3. The van der Waals surface area contributed by atoms with E-state index in [2.05, 4.69) is 24.1 Å². The molecule has 0 aromatic carbocycles. The Balaban J connectivity index is 0.00000225. The molecule has 0 amide bonds. The fourth-order valence-electron chi connectivity index (χ4n) is 2.04. The van der Waals surface area contributed by atoms with Gasteiger partial charge in [0.25, 0.3) is 0 Å². The molecule has 1 heterocycles. The summed E-state index contributed by atoms with van der Waals surface area (Å²) < 4.78 is 22.7. The molecular formula is C10H23ClN2O2S. The fraction of sp³-hybridized carbons (Fsp3) is 1.00. The number of hydrogen-bond donors (Lipinski definition) is 1. The van der Waals surface area contributed by atoms with Gasteiger partial charge < -0.3 is 5.32 Å². The third-order valence-corrected chi connectivity index (χ3v) is 4.48. The molecule has 0 radical (unpaired) electrons. The Morgan fingerprint density at radius 2 is 1.75 bits per heavy atom. The van der Waals surface area contributed by atoms with E-state index in [0.29, 0.717) is 24.4 Å². The molecule has 2 atom stereocenters. The van der Waals surface area contributed by atoms with Gasteiger partial charge in [0.15, 0.2) is 9.84 Å². The van der Waals surface area contributed by atoms with Gasteiger partial charge >= 0.3 is 0 Å². The van der Waals surface area contributed by atoms with Crippen molar-refractivity contribution in [2.75, 3.05) is 31.1 Å². The summed E-state index contributed by atoms with van der Waals surface area (Å²) in [5.74, 6) is 0.549. The Morgan fingerprint density at radius 3 is 2.19 bits per heavy atom. The maximum Gasteiger partial charge on any atom is 0.151 e. The van der Waals surface area contributed by atoms with Crippen molar-refractivity contribution >= 4 is 22.2 Å². The maximum atomic E-state index is 11.4. The van der Waals surface area contributed by atoms with Crippen LogP contribution < -0.4 is 5.32 Å². The molecule has 0 aromatic rings. The van der Waals surface area contributed by atoms with E-state index in [-0.39, 0.29) is 18.2 Å². The molecule has 1 aliphatic heterocycles. The van der Waals surface area contributed by atoms with Crippen LogP contribution in [-0.2, 0) is 9.84 Å². The van der Waals surface area contributed by atoms with Gasteiger partial charge in [0.1, 0.15) is 0 Å². The van der Waals surface area contributed by atoms with Gasteiger partial charge in [0.05, 0.1) is 5.75 Å². The lowest BCUT2D eigenvalue weighted by atomic mass is 10.1. The molecule has 98 valence electrons. The van der Waals surface area contributed by atoms with Crippen LogP contribution in [0.15, 0.2) is 0 Å². The van der Waals surface area contributed by atoms with Crippen molar-refractivity contribution in [2.24, 2.45) is 0 Å². The Labute approximate surface area is 105 Å². The summed E-state index contributed by atoms with van der Waals surface area (Å²) in [6.07, 6.45) is 0. The molecule has 1 fully saturated rings. The number of nitrogens with zero attached hydrogens (tertiary/aromatic N) is 1. The first-order chi connectivity index (χ1) is 6.93. The molecule has 4 nitrogen and oxygen atoms in total. The molecule has 0 saturated carbocycles. The molecule has 6 heteroatoms. The lowest BCUT2D eigenvalue weighted by Gasteiger charge is -2.36. The Bertz CT molecular complexity index is 285. The van der Waals surface area contributed by atoms with Crippen LogP contribution in [0.25, 0.3) is 0 Å². The van der Waals surface area contributed by atoms with Crippen LogP contribution in [0.5, 0.6) is 0 Å². The van der Waals surface area contributed by atoms with Crippen molar-refractivity contribution in [2.45, 2.75) is 32.9 Å². The average molecular weight is 271 g/mol. The van der Waals surface area contributed by atoms with Crippen molar-refractivity contribution in [1.82, 2.24) is 10.2 Å². The second-order valence-electron chi connectivity index (χ2n) is 4.46. The van der Waals surface area contributed by atoms with Crippen LogP contribution in [0.2, 0.25) is 0 Å². The van der Waals surface area contributed by atoms with Crippen molar-refractivity contribution in [3.8, 4) is 0 Å². The van der Waals surface area contributed by atoms with Gasteiger partial charge in [-0.3, -0.25) is 4.90 Å². The minimum absolute atomic E-state index is 0. The minimum atomic E-state index is -2.82. The number of sulfone groups is 1. The van der Waals surface area contributed by atoms with Crippen LogP contribution in [0.3, 0.4) is 0 Å². The highest BCUT2D eigenvalue weighted by Gasteiger charge is 2.21. The molecule has 0 aromatic heterocycles. The zero-order chi connectivity index (χ0) is 11.5. The number of halogens is 1. The first-order valence-electron chi connectivity index (χ1n) is 5.62. The van der Waals surface area contributed by atoms with Crippen LogP contribution in [-0.4, -0.2) is 56.5 Å². The first kappa shape index (κ1) is 16.2. The molecular weight excluding hydrogens is 248 g/mol. The van der Waals surface area contributed by atoms with Crippen LogP contribution in [0.1, 0.15) is 20.8 Å². The summed E-state index contributed by atoms with van der Waals surface area (Å²) in [7, 11) is -2.82. The summed E-state index contributed by atoms with van der Waals surface area (Å²) in [6, 6.07) is 0.913. The quantitative estimate of drug-likeness (QED) is 0.810. The average Bonchev–Trinajstić information content (AvgIpc) is 2.14. The predicted octanol–water partition coefficient (Wildman–Crippen LogP) is 0.525. The molecule has 0 aliphatic carbocycles. The Morgan fingerprint density at radius 1 is 1.25 bits per heavy atom. The third kappa shape index (κ3) is 5.48. The zero-order valence-corrected chi connectivity index (χ0v) is 11.9. The topological polar surface area (TPSA) is 49.4 Å².